The van der Waals surface area contributed by atoms with Crippen molar-refractivity contribution in [2.24, 2.45) is 0 Å². The van der Waals surface area contributed by atoms with Gasteiger partial charge >= 0.3 is 0 Å². The van der Waals surface area contributed by atoms with Gasteiger partial charge in [0.15, 0.2) is 0 Å². The zero-order valence-corrected chi connectivity index (χ0v) is 10.6. The number of nitriles is 1. The summed E-state index contributed by atoms with van der Waals surface area (Å²) >= 11 is 0. The van der Waals surface area contributed by atoms with Crippen LogP contribution in [-0.2, 0) is 6.61 Å². The molecule has 0 heterocycles. The van der Waals surface area contributed by atoms with Crippen molar-refractivity contribution >= 4 is 0 Å². The van der Waals surface area contributed by atoms with E-state index in [4.69, 9.17) is 10.00 Å². The molecular formula is C16H15NO. The van der Waals surface area contributed by atoms with Gasteiger partial charge in [-0.15, -0.1) is 0 Å². The van der Waals surface area contributed by atoms with E-state index < -0.39 is 0 Å². The maximum absolute atomic E-state index is 8.81. The van der Waals surface area contributed by atoms with Crippen LogP contribution >= 0.6 is 0 Å². The predicted octanol–water partition coefficient (Wildman–Crippen LogP) is 3.75. The molecule has 2 rings (SSSR count). The van der Waals surface area contributed by atoms with Crippen LogP contribution in [0.25, 0.3) is 0 Å². The largest absolute Gasteiger partial charge is 0.489 e. The van der Waals surface area contributed by atoms with E-state index in [0.717, 1.165) is 11.3 Å². The Morgan fingerprint density at radius 2 is 1.83 bits per heavy atom. The first-order valence-electron chi connectivity index (χ1n) is 5.89. The summed E-state index contributed by atoms with van der Waals surface area (Å²) in [4.78, 5) is 0. The van der Waals surface area contributed by atoms with Crippen LogP contribution in [0, 0.1) is 25.2 Å². The van der Waals surface area contributed by atoms with Crippen molar-refractivity contribution < 1.29 is 4.74 Å². The quantitative estimate of drug-likeness (QED) is 0.814. The molecule has 0 atom stereocenters. The standard InChI is InChI=1S/C16H15NO/c1-12-5-3-4-6-15(12)11-18-16-8-7-14(10-17)9-13(16)2/h3-9H,11H2,1-2H3. The molecule has 2 nitrogen and oxygen atoms in total. The maximum Gasteiger partial charge on any atom is 0.122 e. The highest BCUT2D eigenvalue weighted by atomic mass is 16.5. The van der Waals surface area contributed by atoms with Gasteiger partial charge in [0, 0.05) is 0 Å². The van der Waals surface area contributed by atoms with Crippen molar-refractivity contribution in [1.82, 2.24) is 0 Å². The summed E-state index contributed by atoms with van der Waals surface area (Å²) in [5, 5.41) is 8.81. The minimum Gasteiger partial charge on any atom is -0.489 e. The van der Waals surface area contributed by atoms with Crippen molar-refractivity contribution in [2.75, 3.05) is 0 Å². The highest BCUT2D eigenvalue weighted by Crippen LogP contribution is 2.20. The van der Waals surface area contributed by atoms with Crippen LogP contribution in [0.4, 0.5) is 0 Å². The molecule has 0 saturated heterocycles. The molecule has 0 aliphatic carbocycles. The minimum atomic E-state index is 0.555. The number of hydrogen-bond donors (Lipinski definition) is 0. The van der Waals surface area contributed by atoms with Gasteiger partial charge in [0.1, 0.15) is 12.4 Å². The van der Waals surface area contributed by atoms with E-state index in [2.05, 4.69) is 25.1 Å². The third kappa shape index (κ3) is 2.70. The predicted molar refractivity (Wildman–Crippen MR) is 71.4 cm³/mol. The average molecular weight is 237 g/mol. The number of benzene rings is 2. The Morgan fingerprint density at radius 3 is 2.50 bits per heavy atom. The molecule has 0 bridgehead atoms. The topological polar surface area (TPSA) is 33.0 Å². The van der Waals surface area contributed by atoms with Crippen molar-refractivity contribution in [3.8, 4) is 11.8 Å². The molecule has 0 saturated carbocycles. The van der Waals surface area contributed by atoms with Crippen molar-refractivity contribution in [3.05, 3.63) is 64.7 Å². The average Bonchev–Trinajstić information content (AvgIpc) is 2.39. The third-order valence-corrected chi connectivity index (χ3v) is 2.95. The summed E-state index contributed by atoms with van der Waals surface area (Å²) in [6.45, 7) is 4.58. The molecule has 0 aliphatic rings. The van der Waals surface area contributed by atoms with Gasteiger partial charge in [-0.3, -0.25) is 0 Å². The Bertz CT molecular complexity index is 596. The summed E-state index contributed by atoms with van der Waals surface area (Å²) in [6.07, 6.45) is 0. The summed E-state index contributed by atoms with van der Waals surface area (Å²) in [7, 11) is 0. The van der Waals surface area contributed by atoms with Gasteiger partial charge in [0.25, 0.3) is 0 Å². The van der Waals surface area contributed by atoms with Crippen LogP contribution < -0.4 is 4.74 Å². The molecule has 2 aromatic rings. The van der Waals surface area contributed by atoms with E-state index in [1.165, 1.54) is 11.1 Å². The lowest BCUT2D eigenvalue weighted by molar-refractivity contribution is 0.303. The maximum atomic E-state index is 8.81. The molecule has 0 unspecified atom stereocenters. The highest BCUT2D eigenvalue weighted by Gasteiger charge is 2.03. The molecular weight excluding hydrogens is 222 g/mol. The molecule has 0 amide bonds. The van der Waals surface area contributed by atoms with E-state index in [-0.39, 0.29) is 0 Å². The second-order valence-corrected chi connectivity index (χ2v) is 4.31. The molecule has 0 spiro atoms. The summed E-state index contributed by atoms with van der Waals surface area (Å²) in [6, 6.07) is 15.8. The summed E-state index contributed by atoms with van der Waals surface area (Å²) in [5.74, 6) is 0.831. The smallest absolute Gasteiger partial charge is 0.122 e. The fraction of sp³-hybridized carbons (Fsp3) is 0.188. The van der Waals surface area contributed by atoms with Gasteiger partial charge in [-0.2, -0.15) is 5.26 Å². The Kier molecular flexibility index (Phi) is 3.64. The number of rotatable bonds is 3. The van der Waals surface area contributed by atoms with Gasteiger partial charge in [-0.25, -0.2) is 0 Å². The van der Waals surface area contributed by atoms with Crippen LogP contribution in [0.15, 0.2) is 42.5 Å². The second kappa shape index (κ2) is 5.37. The van der Waals surface area contributed by atoms with E-state index in [9.17, 15) is 0 Å². The van der Waals surface area contributed by atoms with E-state index >= 15 is 0 Å². The zero-order chi connectivity index (χ0) is 13.0. The van der Waals surface area contributed by atoms with Crippen LogP contribution in [0.1, 0.15) is 22.3 Å². The van der Waals surface area contributed by atoms with Crippen LogP contribution in [0.5, 0.6) is 5.75 Å². The third-order valence-electron chi connectivity index (χ3n) is 2.95. The van der Waals surface area contributed by atoms with Gasteiger partial charge in [-0.1, -0.05) is 24.3 Å². The molecule has 0 fully saturated rings. The fourth-order valence-corrected chi connectivity index (χ4v) is 1.81. The molecule has 0 N–H and O–H groups in total. The highest BCUT2D eigenvalue weighted by molar-refractivity contribution is 5.41. The zero-order valence-electron chi connectivity index (χ0n) is 10.6. The number of nitrogens with zero attached hydrogens (tertiary/aromatic N) is 1. The van der Waals surface area contributed by atoms with Crippen LogP contribution in [0.3, 0.4) is 0 Å². The second-order valence-electron chi connectivity index (χ2n) is 4.31. The summed E-state index contributed by atoms with van der Waals surface area (Å²) in [5.41, 5.74) is 4.06. The Hall–Kier alpha value is -2.27. The lowest BCUT2D eigenvalue weighted by Crippen LogP contribution is -1.99. The number of hydrogen-bond acceptors (Lipinski definition) is 2. The molecule has 90 valence electrons. The van der Waals surface area contributed by atoms with Crippen molar-refractivity contribution in [1.29, 1.82) is 5.26 Å². The summed E-state index contributed by atoms with van der Waals surface area (Å²) < 4.78 is 5.79. The van der Waals surface area contributed by atoms with Gasteiger partial charge in [-0.05, 0) is 48.7 Å². The molecule has 0 radical (unpaired) electrons. The normalized spacial score (nSPS) is 9.83. The minimum absolute atomic E-state index is 0.555. The molecule has 0 aromatic heterocycles. The van der Waals surface area contributed by atoms with E-state index in [1.807, 2.05) is 31.2 Å². The number of ether oxygens (including phenoxy) is 1. The van der Waals surface area contributed by atoms with Crippen LogP contribution in [-0.4, -0.2) is 0 Å². The first kappa shape index (κ1) is 12.2. The van der Waals surface area contributed by atoms with Gasteiger partial charge < -0.3 is 4.74 Å². The molecule has 0 aliphatic heterocycles. The molecule has 18 heavy (non-hydrogen) atoms. The first-order valence-corrected chi connectivity index (χ1v) is 5.89. The molecule has 2 heteroatoms. The van der Waals surface area contributed by atoms with E-state index in [0.29, 0.717) is 12.2 Å². The van der Waals surface area contributed by atoms with Crippen LogP contribution in [0.2, 0.25) is 0 Å². The van der Waals surface area contributed by atoms with Gasteiger partial charge in [0.05, 0.1) is 11.6 Å². The SMILES string of the molecule is Cc1ccccc1COc1ccc(C#N)cc1C. The van der Waals surface area contributed by atoms with Crippen molar-refractivity contribution in [3.63, 3.8) is 0 Å². The lowest BCUT2D eigenvalue weighted by atomic mass is 10.1. The van der Waals surface area contributed by atoms with Gasteiger partial charge in [0.2, 0.25) is 0 Å². The number of aryl methyl sites for hydroxylation is 2. The Balaban J connectivity index is 2.12. The molecule has 2 aromatic carbocycles. The monoisotopic (exact) mass is 237 g/mol. The van der Waals surface area contributed by atoms with Crippen molar-refractivity contribution in [2.45, 2.75) is 20.5 Å². The van der Waals surface area contributed by atoms with E-state index in [1.54, 1.807) is 6.07 Å². The fourth-order valence-electron chi connectivity index (χ4n) is 1.81. The lowest BCUT2D eigenvalue weighted by Gasteiger charge is -2.10. The Labute approximate surface area is 107 Å². The first-order chi connectivity index (χ1) is 8.70. The Morgan fingerprint density at radius 1 is 1.06 bits per heavy atom.